The van der Waals surface area contributed by atoms with Crippen LogP contribution in [-0.4, -0.2) is 6.47 Å². The first-order valence-electron chi connectivity index (χ1n) is 3.21. The quantitative estimate of drug-likeness (QED) is 0.509. The van der Waals surface area contributed by atoms with Crippen molar-refractivity contribution in [3.8, 4) is 5.75 Å². The molecule has 0 heterocycles. The summed E-state index contributed by atoms with van der Waals surface area (Å²) in [7, 11) is 0. The molecule has 58 valence electrons. The van der Waals surface area contributed by atoms with Crippen LogP contribution in [0.1, 0.15) is 5.56 Å². The van der Waals surface area contributed by atoms with Crippen molar-refractivity contribution in [1.29, 1.82) is 0 Å². The lowest BCUT2D eigenvalue weighted by molar-refractivity contribution is -0.120. The molecule has 0 saturated heterocycles. The maximum atomic E-state index is 9.97. The van der Waals surface area contributed by atoms with E-state index in [1.807, 2.05) is 0 Å². The van der Waals surface area contributed by atoms with Crippen LogP contribution in [-0.2, 0) is 4.79 Å². The van der Waals surface area contributed by atoms with Crippen LogP contribution in [0, 0.1) is 6.92 Å². The molecule has 1 aromatic rings. The first kappa shape index (κ1) is 7.60. The molecule has 0 aliphatic rings. The molecule has 3 heteroatoms. The topological polar surface area (TPSA) is 52.3 Å². The maximum Gasteiger partial charge on any atom is 0.298 e. The highest BCUT2D eigenvalue weighted by Crippen LogP contribution is 2.21. The van der Waals surface area contributed by atoms with Gasteiger partial charge in [0.05, 0.1) is 0 Å². The standard InChI is InChI=1S/C8H9NO2/c1-6-7(9)3-2-4-8(6)11-5-10/h2-5H,9H2,1H3. The maximum absolute atomic E-state index is 9.97. The number of carbonyl (C=O) groups is 1. The predicted molar refractivity (Wildman–Crippen MR) is 42.3 cm³/mol. The Labute approximate surface area is 64.8 Å². The number of benzene rings is 1. The first-order valence-corrected chi connectivity index (χ1v) is 3.21. The molecule has 2 N–H and O–H groups in total. The molecule has 0 radical (unpaired) electrons. The molecule has 1 rings (SSSR count). The Balaban J connectivity index is 3.05. The molecule has 1 aromatic carbocycles. The van der Waals surface area contributed by atoms with Crippen LogP contribution in [0.3, 0.4) is 0 Å². The molecule has 0 aliphatic carbocycles. The van der Waals surface area contributed by atoms with Gasteiger partial charge < -0.3 is 10.5 Å². The largest absolute Gasteiger partial charge is 0.428 e. The number of anilines is 1. The van der Waals surface area contributed by atoms with Crippen molar-refractivity contribution in [3.05, 3.63) is 23.8 Å². The van der Waals surface area contributed by atoms with Gasteiger partial charge in [-0.25, -0.2) is 0 Å². The third kappa shape index (κ3) is 1.49. The monoisotopic (exact) mass is 151 g/mol. The summed E-state index contributed by atoms with van der Waals surface area (Å²) in [5.74, 6) is 0.514. The van der Waals surface area contributed by atoms with Crippen molar-refractivity contribution in [2.45, 2.75) is 6.92 Å². The number of nitrogens with two attached hydrogens (primary N) is 1. The minimum atomic E-state index is 0.391. The molecular formula is C8H9NO2. The van der Waals surface area contributed by atoms with Crippen LogP contribution in [0.4, 0.5) is 5.69 Å². The summed E-state index contributed by atoms with van der Waals surface area (Å²) in [5.41, 5.74) is 6.98. The fraction of sp³-hybridized carbons (Fsp3) is 0.125. The fourth-order valence-corrected chi connectivity index (χ4v) is 0.811. The van der Waals surface area contributed by atoms with E-state index in [1.54, 1.807) is 25.1 Å². The minimum Gasteiger partial charge on any atom is -0.428 e. The van der Waals surface area contributed by atoms with Crippen molar-refractivity contribution in [1.82, 2.24) is 0 Å². The van der Waals surface area contributed by atoms with Crippen molar-refractivity contribution in [2.75, 3.05) is 5.73 Å². The molecule has 0 atom stereocenters. The zero-order valence-electron chi connectivity index (χ0n) is 6.20. The Hall–Kier alpha value is -1.51. The van der Waals surface area contributed by atoms with Crippen molar-refractivity contribution >= 4 is 12.2 Å². The lowest BCUT2D eigenvalue weighted by Gasteiger charge is -2.03. The molecule has 0 bridgehead atoms. The molecule has 11 heavy (non-hydrogen) atoms. The van der Waals surface area contributed by atoms with E-state index >= 15 is 0 Å². The highest BCUT2D eigenvalue weighted by atomic mass is 16.5. The Kier molecular flexibility index (Phi) is 2.11. The van der Waals surface area contributed by atoms with Crippen LogP contribution in [0.5, 0.6) is 5.75 Å². The van der Waals surface area contributed by atoms with E-state index < -0.39 is 0 Å². The van der Waals surface area contributed by atoms with Crippen molar-refractivity contribution in [3.63, 3.8) is 0 Å². The molecule has 0 aromatic heterocycles. The van der Waals surface area contributed by atoms with E-state index in [1.165, 1.54) is 0 Å². The third-order valence-corrected chi connectivity index (χ3v) is 1.50. The lowest BCUT2D eigenvalue weighted by Crippen LogP contribution is -1.95. The average molecular weight is 151 g/mol. The number of carbonyl (C=O) groups excluding carboxylic acids is 1. The normalized spacial score (nSPS) is 9.18. The number of ether oxygens (including phenoxy) is 1. The van der Waals surface area contributed by atoms with Crippen molar-refractivity contribution in [2.24, 2.45) is 0 Å². The average Bonchev–Trinajstić information content (AvgIpc) is 1.99. The third-order valence-electron chi connectivity index (χ3n) is 1.50. The van der Waals surface area contributed by atoms with E-state index in [-0.39, 0.29) is 0 Å². The van der Waals surface area contributed by atoms with Gasteiger partial charge in [-0.05, 0) is 19.1 Å². The van der Waals surface area contributed by atoms with Crippen molar-refractivity contribution < 1.29 is 9.53 Å². The van der Waals surface area contributed by atoms with E-state index in [9.17, 15) is 4.79 Å². The summed E-state index contributed by atoms with van der Waals surface area (Å²) in [6, 6.07) is 5.19. The summed E-state index contributed by atoms with van der Waals surface area (Å²) in [5, 5.41) is 0. The number of hydrogen-bond donors (Lipinski definition) is 1. The fourth-order valence-electron chi connectivity index (χ4n) is 0.811. The molecule has 0 unspecified atom stereocenters. The van der Waals surface area contributed by atoms with E-state index in [0.717, 1.165) is 5.56 Å². The Bertz CT molecular complexity index is 271. The van der Waals surface area contributed by atoms with Gasteiger partial charge >= 0.3 is 0 Å². The van der Waals surface area contributed by atoms with Crippen LogP contribution < -0.4 is 10.5 Å². The molecule has 0 saturated carbocycles. The summed E-state index contributed by atoms with van der Waals surface area (Å²) >= 11 is 0. The molecule has 0 aliphatic heterocycles. The number of hydrogen-bond acceptors (Lipinski definition) is 3. The van der Waals surface area contributed by atoms with Gasteiger partial charge in [-0.3, -0.25) is 4.79 Å². The van der Waals surface area contributed by atoms with Gasteiger partial charge in [0, 0.05) is 11.3 Å². The van der Waals surface area contributed by atoms with E-state index in [0.29, 0.717) is 17.9 Å². The first-order chi connectivity index (χ1) is 5.25. The smallest absolute Gasteiger partial charge is 0.298 e. The van der Waals surface area contributed by atoms with Crippen LogP contribution in [0.15, 0.2) is 18.2 Å². The Morgan fingerprint density at radius 1 is 1.55 bits per heavy atom. The molecule has 0 fully saturated rings. The second kappa shape index (κ2) is 3.05. The summed E-state index contributed by atoms with van der Waals surface area (Å²) in [6.45, 7) is 2.19. The molecule has 0 amide bonds. The van der Waals surface area contributed by atoms with Crippen LogP contribution in [0.25, 0.3) is 0 Å². The van der Waals surface area contributed by atoms with E-state index in [4.69, 9.17) is 5.73 Å². The highest BCUT2D eigenvalue weighted by Gasteiger charge is 1.99. The molecular weight excluding hydrogens is 142 g/mol. The van der Waals surface area contributed by atoms with Crippen LogP contribution in [0.2, 0.25) is 0 Å². The molecule has 3 nitrogen and oxygen atoms in total. The zero-order valence-corrected chi connectivity index (χ0v) is 6.20. The highest BCUT2D eigenvalue weighted by molar-refractivity contribution is 5.57. The second-order valence-electron chi connectivity index (χ2n) is 2.18. The van der Waals surface area contributed by atoms with Gasteiger partial charge in [-0.15, -0.1) is 0 Å². The lowest BCUT2D eigenvalue weighted by atomic mass is 10.2. The SMILES string of the molecule is Cc1c(N)cccc1OC=O. The number of nitrogen functional groups attached to an aromatic ring is 1. The van der Waals surface area contributed by atoms with Gasteiger partial charge in [0.25, 0.3) is 6.47 Å². The summed E-state index contributed by atoms with van der Waals surface area (Å²) in [4.78, 5) is 9.97. The van der Waals surface area contributed by atoms with Gasteiger partial charge in [-0.1, -0.05) is 6.07 Å². The van der Waals surface area contributed by atoms with Gasteiger partial charge in [0.15, 0.2) is 0 Å². The van der Waals surface area contributed by atoms with E-state index in [2.05, 4.69) is 4.74 Å². The van der Waals surface area contributed by atoms with Gasteiger partial charge in [-0.2, -0.15) is 0 Å². The predicted octanol–water partition coefficient (Wildman–Crippen LogP) is 1.11. The zero-order chi connectivity index (χ0) is 8.27. The minimum absolute atomic E-state index is 0.391. The Morgan fingerprint density at radius 2 is 2.27 bits per heavy atom. The van der Waals surface area contributed by atoms with Crippen LogP contribution >= 0.6 is 0 Å². The summed E-state index contributed by atoms with van der Waals surface area (Å²) in [6.07, 6.45) is 0. The number of rotatable bonds is 2. The second-order valence-corrected chi connectivity index (χ2v) is 2.18. The van der Waals surface area contributed by atoms with Gasteiger partial charge in [0.1, 0.15) is 5.75 Å². The Morgan fingerprint density at radius 3 is 2.91 bits per heavy atom. The molecule has 0 spiro atoms. The summed E-state index contributed by atoms with van der Waals surface area (Å²) < 4.78 is 4.66. The van der Waals surface area contributed by atoms with Gasteiger partial charge in [0.2, 0.25) is 0 Å².